The fourth-order valence-electron chi connectivity index (χ4n) is 3.56. The largest absolute Gasteiger partial charge is 0.236 e. The van der Waals surface area contributed by atoms with E-state index in [9.17, 15) is 0 Å². The number of rotatable bonds is 2. The fraction of sp³-hybridized carbons (Fsp3) is 0.368. The average molecular weight is 291 g/mol. The zero-order valence-electron chi connectivity index (χ0n) is 13.2. The third-order valence-corrected chi connectivity index (χ3v) is 4.74. The van der Waals surface area contributed by atoms with Crippen LogP contribution in [0.1, 0.15) is 37.2 Å². The minimum Gasteiger partial charge on any atom is -0.236 e. The van der Waals surface area contributed by atoms with Crippen molar-refractivity contribution in [2.45, 2.75) is 39.5 Å². The van der Waals surface area contributed by atoms with Gasteiger partial charge in [0.2, 0.25) is 0 Å². The van der Waals surface area contributed by atoms with E-state index in [0.717, 1.165) is 36.5 Å². The molecule has 4 rings (SSSR count). The van der Waals surface area contributed by atoms with Crippen molar-refractivity contribution in [2.24, 2.45) is 5.92 Å². The summed E-state index contributed by atoms with van der Waals surface area (Å²) in [5.74, 6) is 0.751. The van der Waals surface area contributed by atoms with Gasteiger partial charge < -0.3 is 0 Å². The molecule has 0 saturated carbocycles. The van der Waals surface area contributed by atoms with Gasteiger partial charge in [-0.1, -0.05) is 44.2 Å². The molecule has 1 aromatic carbocycles. The molecular weight excluding hydrogens is 270 g/mol. The molecule has 2 heterocycles. The lowest BCUT2D eigenvalue weighted by atomic mass is 9.89. The van der Waals surface area contributed by atoms with E-state index in [2.05, 4.69) is 54.9 Å². The van der Waals surface area contributed by atoms with E-state index in [-0.39, 0.29) is 0 Å². The van der Waals surface area contributed by atoms with Gasteiger partial charge in [0, 0.05) is 17.5 Å². The highest BCUT2D eigenvalue weighted by Crippen LogP contribution is 2.31. The van der Waals surface area contributed by atoms with Gasteiger partial charge >= 0.3 is 0 Å². The maximum Gasteiger partial charge on any atom is 0.163 e. The summed E-state index contributed by atoms with van der Waals surface area (Å²) in [5, 5.41) is 4.90. The van der Waals surface area contributed by atoms with Crippen LogP contribution in [0.25, 0.3) is 16.8 Å². The zero-order chi connectivity index (χ0) is 15.1. The summed E-state index contributed by atoms with van der Waals surface area (Å²) in [4.78, 5) is 4.77. The Morgan fingerprint density at radius 3 is 2.82 bits per heavy atom. The minimum atomic E-state index is 0.751. The predicted octanol–water partition coefficient (Wildman–Crippen LogP) is 4.08. The van der Waals surface area contributed by atoms with E-state index in [1.54, 1.807) is 0 Å². The van der Waals surface area contributed by atoms with Crippen LogP contribution < -0.4 is 0 Å². The van der Waals surface area contributed by atoms with Crippen LogP contribution in [0.15, 0.2) is 36.5 Å². The SMILES string of the molecule is CCc1nn2c3c(cnc2c1-c1ccccc1)CC(C)CC3. The molecule has 0 radical (unpaired) electrons. The number of hydrogen-bond acceptors (Lipinski definition) is 2. The summed E-state index contributed by atoms with van der Waals surface area (Å²) in [5.41, 5.74) is 7.30. The van der Waals surface area contributed by atoms with Crippen molar-refractivity contribution in [1.82, 2.24) is 14.6 Å². The molecule has 1 atom stereocenters. The van der Waals surface area contributed by atoms with Gasteiger partial charge in [0.15, 0.2) is 5.65 Å². The first-order valence-electron chi connectivity index (χ1n) is 8.21. The molecule has 1 unspecified atom stereocenters. The summed E-state index contributed by atoms with van der Waals surface area (Å²) in [6, 6.07) is 10.5. The fourth-order valence-corrected chi connectivity index (χ4v) is 3.56. The average Bonchev–Trinajstić information content (AvgIpc) is 2.94. The number of fused-ring (bicyclic) bond motifs is 3. The molecule has 0 bridgehead atoms. The van der Waals surface area contributed by atoms with E-state index < -0.39 is 0 Å². The number of aryl methyl sites for hydroxylation is 2. The van der Waals surface area contributed by atoms with Gasteiger partial charge in [0.1, 0.15) is 0 Å². The molecule has 0 aliphatic heterocycles. The van der Waals surface area contributed by atoms with Crippen molar-refractivity contribution in [3.63, 3.8) is 0 Å². The zero-order valence-corrected chi connectivity index (χ0v) is 13.2. The van der Waals surface area contributed by atoms with Crippen molar-refractivity contribution < 1.29 is 0 Å². The van der Waals surface area contributed by atoms with Crippen LogP contribution >= 0.6 is 0 Å². The maximum absolute atomic E-state index is 4.90. The van der Waals surface area contributed by atoms with Gasteiger partial charge in [-0.05, 0) is 42.7 Å². The van der Waals surface area contributed by atoms with Crippen molar-refractivity contribution >= 4 is 5.65 Å². The highest BCUT2D eigenvalue weighted by molar-refractivity contribution is 5.80. The second-order valence-corrected chi connectivity index (χ2v) is 6.35. The lowest BCUT2D eigenvalue weighted by molar-refractivity contribution is 0.485. The van der Waals surface area contributed by atoms with E-state index in [4.69, 9.17) is 10.1 Å². The Kier molecular flexibility index (Phi) is 3.21. The van der Waals surface area contributed by atoms with Gasteiger partial charge in [-0.15, -0.1) is 0 Å². The lowest BCUT2D eigenvalue weighted by Crippen LogP contribution is -2.16. The molecular formula is C19H21N3. The lowest BCUT2D eigenvalue weighted by Gasteiger charge is -2.21. The molecule has 3 nitrogen and oxygen atoms in total. The number of nitrogens with zero attached hydrogens (tertiary/aromatic N) is 3. The summed E-state index contributed by atoms with van der Waals surface area (Å²) in [7, 11) is 0. The van der Waals surface area contributed by atoms with Crippen molar-refractivity contribution in [2.75, 3.05) is 0 Å². The monoisotopic (exact) mass is 291 g/mol. The number of aromatic nitrogens is 3. The van der Waals surface area contributed by atoms with E-state index in [0.29, 0.717) is 0 Å². The minimum absolute atomic E-state index is 0.751. The first-order chi connectivity index (χ1) is 10.8. The Morgan fingerprint density at radius 1 is 1.23 bits per heavy atom. The van der Waals surface area contributed by atoms with Crippen LogP contribution in [-0.4, -0.2) is 14.6 Å². The Labute approximate surface area is 131 Å². The molecule has 112 valence electrons. The molecule has 3 heteroatoms. The number of benzene rings is 1. The second-order valence-electron chi connectivity index (χ2n) is 6.35. The quantitative estimate of drug-likeness (QED) is 0.712. The van der Waals surface area contributed by atoms with Crippen LogP contribution in [0.2, 0.25) is 0 Å². The van der Waals surface area contributed by atoms with Gasteiger partial charge in [0.05, 0.1) is 5.69 Å². The molecule has 0 amide bonds. The summed E-state index contributed by atoms with van der Waals surface area (Å²) < 4.78 is 2.11. The van der Waals surface area contributed by atoms with E-state index >= 15 is 0 Å². The Bertz CT molecular complexity index is 818. The van der Waals surface area contributed by atoms with Crippen molar-refractivity contribution in [1.29, 1.82) is 0 Å². The highest BCUT2D eigenvalue weighted by Gasteiger charge is 2.22. The Balaban J connectivity index is 1.98. The summed E-state index contributed by atoms with van der Waals surface area (Å²) >= 11 is 0. The predicted molar refractivity (Wildman–Crippen MR) is 89.0 cm³/mol. The Morgan fingerprint density at radius 2 is 2.05 bits per heavy atom. The molecule has 0 N–H and O–H groups in total. The third kappa shape index (κ3) is 2.04. The molecule has 1 aliphatic rings. The molecule has 2 aromatic heterocycles. The first kappa shape index (κ1) is 13.5. The van der Waals surface area contributed by atoms with Crippen LogP contribution in [-0.2, 0) is 19.3 Å². The second kappa shape index (κ2) is 5.24. The summed E-state index contributed by atoms with van der Waals surface area (Å²) in [6.45, 7) is 4.49. The van der Waals surface area contributed by atoms with Crippen LogP contribution in [0, 0.1) is 5.92 Å². The van der Waals surface area contributed by atoms with Gasteiger partial charge in [-0.25, -0.2) is 9.50 Å². The molecule has 0 fully saturated rings. The normalized spacial score (nSPS) is 17.6. The first-order valence-corrected chi connectivity index (χ1v) is 8.21. The van der Waals surface area contributed by atoms with Crippen molar-refractivity contribution in [3.8, 4) is 11.1 Å². The van der Waals surface area contributed by atoms with Crippen LogP contribution in [0.4, 0.5) is 0 Å². The topological polar surface area (TPSA) is 30.2 Å². The molecule has 0 saturated heterocycles. The third-order valence-electron chi connectivity index (χ3n) is 4.74. The number of hydrogen-bond donors (Lipinski definition) is 0. The smallest absolute Gasteiger partial charge is 0.163 e. The van der Waals surface area contributed by atoms with Gasteiger partial charge in [-0.2, -0.15) is 5.10 Å². The maximum atomic E-state index is 4.90. The Hall–Kier alpha value is -2.16. The van der Waals surface area contributed by atoms with Crippen LogP contribution in [0.5, 0.6) is 0 Å². The molecule has 22 heavy (non-hydrogen) atoms. The van der Waals surface area contributed by atoms with Crippen LogP contribution in [0.3, 0.4) is 0 Å². The van der Waals surface area contributed by atoms with Gasteiger partial charge in [-0.3, -0.25) is 0 Å². The van der Waals surface area contributed by atoms with E-state index in [1.165, 1.54) is 28.8 Å². The molecule has 1 aliphatic carbocycles. The van der Waals surface area contributed by atoms with Crippen molar-refractivity contribution in [3.05, 3.63) is 53.5 Å². The summed E-state index contributed by atoms with van der Waals surface area (Å²) in [6.07, 6.45) is 6.48. The van der Waals surface area contributed by atoms with Gasteiger partial charge in [0.25, 0.3) is 0 Å². The highest BCUT2D eigenvalue weighted by atomic mass is 15.3. The standard InChI is InChI=1S/C19H21N3/c1-3-16-18(14-7-5-4-6-8-14)19-20-12-15-11-13(2)9-10-17(15)22(19)21-16/h4-8,12-13H,3,9-11H2,1-2H3. The van der Waals surface area contributed by atoms with E-state index in [1.807, 2.05) is 0 Å². The molecule has 3 aromatic rings. The molecule has 0 spiro atoms.